The number of carbonyl (C=O) groups is 3. The van der Waals surface area contributed by atoms with Crippen LogP contribution in [-0.2, 0) is 19.1 Å². The topological polar surface area (TPSA) is 111 Å². The van der Waals surface area contributed by atoms with E-state index in [1.807, 2.05) is 31.2 Å². The van der Waals surface area contributed by atoms with Crippen LogP contribution in [0.3, 0.4) is 0 Å². The highest BCUT2D eigenvalue weighted by molar-refractivity contribution is 6.04. The number of anilines is 2. The Labute approximate surface area is 212 Å². The third-order valence-electron chi connectivity index (χ3n) is 8.20. The van der Waals surface area contributed by atoms with Crippen LogP contribution in [0.5, 0.6) is 0 Å². The van der Waals surface area contributed by atoms with Crippen LogP contribution >= 0.6 is 0 Å². The minimum atomic E-state index is -1.22. The molecule has 196 valence electrons. The molecule has 2 bridgehead atoms. The van der Waals surface area contributed by atoms with Gasteiger partial charge in [0.1, 0.15) is 11.6 Å². The molecule has 36 heavy (non-hydrogen) atoms. The standard InChI is InChI=1S/C27H37N3O6/c1-5-15-29(19-11-9-18(10-12-19)28(7-3)8-4)25(33)23-27-14-13-20(36-27)21(26(34)35)22(27)24(32)30(23)17(6-2)16-31/h5,9-12,17,20-23,31H,1,6-8,13-16H2,2-4H3,(H,34,35)/t17-,20-,21+,22-,23?,27?/m0/s1. The predicted octanol–water partition coefficient (Wildman–Crippen LogP) is 2.28. The van der Waals surface area contributed by atoms with Crippen LogP contribution in [0.2, 0.25) is 0 Å². The molecule has 1 spiro atoms. The highest BCUT2D eigenvalue weighted by atomic mass is 16.5. The third-order valence-corrected chi connectivity index (χ3v) is 8.20. The summed E-state index contributed by atoms with van der Waals surface area (Å²) in [6.45, 7) is 11.4. The van der Waals surface area contributed by atoms with Crippen molar-refractivity contribution in [2.24, 2.45) is 11.8 Å². The summed E-state index contributed by atoms with van der Waals surface area (Å²) in [5.41, 5.74) is 0.479. The maximum Gasteiger partial charge on any atom is 0.310 e. The number of likely N-dealkylation sites (tertiary alicyclic amines) is 1. The van der Waals surface area contributed by atoms with Gasteiger partial charge in [0, 0.05) is 31.0 Å². The summed E-state index contributed by atoms with van der Waals surface area (Å²) in [6, 6.07) is 6.04. The van der Waals surface area contributed by atoms with Gasteiger partial charge in [0.05, 0.1) is 30.6 Å². The van der Waals surface area contributed by atoms with Crippen LogP contribution < -0.4 is 9.80 Å². The van der Waals surface area contributed by atoms with Crippen LogP contribution in [-0.4, -0.2) is 82.9 Å². The number of hydrogen-bond acceptors (Lipinski definition) is 6. The predicted molar refractivity (Wildman–Crippen MR) is 136 cm³/mol. The molecule has 1 aromatic rings. The van der Waals surface area contributed by atoms with Crippen molar-refractivity contribution in [3.63, 3.8) is 0 Å². The van der Waals surface area contributed by atoms with E-state index in [-0.39, 0.29) is 19.1 Å². The lowest BCUT2D eigenvalue weighted by Gasteiger charge is -2.39. The fourth-order valence-electron chi connectivity index (χ4n) is 6.49. The Kier molecular flexibility index (Phi) is 7.43. The second-order valence-electron chi connectivity index (χ2n) is 9.81. The molecule has 0 radical (unpaired) electrons. The number of aliphatic hydroxyl groups is 1. The van der Waals surface area contributed by atoms with E-state index in [1.165, 1.54) is 4.90 Å². The minimum absolute atomic E-state index is 0.213. The van der Waals surface area contributed by atoms with E-state index in [0.29, 0.717) is 24.9 Å². The van der Waals surface area contributed by atoms with Crippen molar-refractivity contribution < 1.29 is 29.3 Å². The van der Waals surface area contributed by atoms with Gasteiger partial charge in [-0.25, -0.2) is 0 Å². The smallest absolute Gasteiger partial charge is 0.310 e. The number of hydrogen-bond donors (Lipinski definition) is 2. The molecule has 0 saturated carbocycles. The molecule has 2 amide bonds. The highest BCUT2D eigenvalue weighted by Gasteiger charge is 2.75. The first kappa shape index (κ1) is 26.2. The van der Waals surface area contributed by atoms with Crippen molar-refractivity contribution in [1.82, 2.24) is 4.90 Å². The van der Waals surface area contributed by atoms with Gasteiger partial charge in [0.15, 0.2) is 0 Å². The minimum Gasteiger partial charge on any atom is -0.481 e. The molecule has 0 aliphatic carbocycles. The molecule has 3 aliphatic heterocycles. The van der Waals surface area contributed by atoms with Gasteiger partial charge in [-0.15, -0.1) is 6.58 Å². The van der Waals surface area contributed by atoms with E-state index in [4.69, 9.17) is 4.74 Å². The number of carbonyl (C=O) groups excluding carboxylic acids is 2. The number of carboxylic acid groups (broad SMARTS) is 1. The molecular weight excluding hydrogens is 462 g/mol. The number of rotatable bonds is 11. The molecule has 3 saturated heterocycles. The maximum atomic E-state index is 14.3. The van der Waals surface area contributed by atoms with E-state index >= 15 is 0 Å². The summed E-state index contributed by atoms with van der Waals surface area (Å²) in [5, 5.41) is 20.0. The first-order chi connectivity index (χ1) is 17.3. The van der Waals surface area contributed by atoms with Crippen LogP contribution in [0.4, 0.5) is 11.4 Å². The normalized spacial score (nSPS) is 29.2. The first-order valence-electron chi connectivity index (χ1n) is 12.9. The second kappa shape index (κ2) is 10.2. The van der Waals surface area contributed by atoms with Gasteiger partial charge in [0.25, 0.3) is 5.91 Å². The van der Waals surface area contributed by atoms with Crippen molar-refractivity contribution in [3.05, 3.63) is 36.9 Å². The SMILES string of the molecule is C=CCN(C(=O)C1N([C@@H](CC)CO)C(=O)[C@@H]2[C@H](C(=O)O)[C@@H]3CCC12O3)c1ccc(N(CC)CC)cc1. The number of amides is 2. The van der Waals surface area contributed by atoms with Gasteiger partial charge in [0.2, 0.25) is 5.91 Å². The fourth-order valence-corrected chi connectivity index (χ4v) is 6.49. The Hall–Kier alpha value is -2.91. The van der Waals surface area contributed by atoms with Gasteiger partial charge in [-0.3, -0.25) is 14.4 Å². The summed E-state index contributed by atoms with van der Waals surface area (Å²) < 4.78 is 6.27. The van der Waals surface area contributed by atoms with Gasteiger partial charge < -0.3 is 29.6 Å². The summed E-state index contributed by atoms with van der Waals surface area (Å²) >= 11 is 0. The van der Waals surface area contributed by atoms with E-state index < -0.39 is 47.5 Å². The number of nitrogens with zero attached hydrogens (tertiary/aromatic N) is 3. The summed E-state index contributed by atoms with van der Waals surface area (Å²) in [4.78, 5) is 45.4. The number of carboxylic acids is 1. The van der Waals surface area contributed by atoms with Crippen molar-refractivity contribution in [1.29, 1.82) is 0 Å². The fraction of sp³-hybridized carbons (Fsp3) is 0.593. The summed E-state index contributed by atoms with van der Waals surface area (Å²) in [5.74, 6) is -3.79. The molecule has 9 nitrogen and oxygen atoms in total. The van der Waals surface area contributed by atoms with Gasteiger partial charge in [-0.2, -0.15) is 0 Å². The lowest BCUT2D eigenvalue weighted by atomic mass is 9.70. The summed E-state index contributed by atoms with van der Waals surface area (Å²) in [7, 11) is 0. The molecule has 3 aliphatic rings. The van der Waals surface area contributed by atoms with Crippen LogP contribution in [0, 0.1) is 11.8 Å². The molecule has 0 aromatic heterocycles. The number of aliphatic hydroxyl groups excluding tert-OH is 1. The Balaban J connectivity index is 1.76. The number of benzene rings is 1. The van der Waals surface area contributed by atoms with Crippen molar-refractivity contribution in [2.45, 2.75) is 63.8 Å². The molecule has 3 heterocycles. The third kappa shape index (κ3) is 3.89. The van der Waals surface area contributed by atoms with Crippen LogP contribution in [0.15, 0.2) is 36.9 Å². The Morgan fingerprint density at radius 3 is 2.39 bits per heavy atom. The highest BCUT2D eigenvalue weighted by Crippen LogP contribution is 2.59. The van der Waals surface area contributed by atoms with Gasteiger partial charge in [-0.05, 0) is 57.4 Å². The maximum absolute atomic E-state index is 14.3. The number of fused-ring (bicyclic) bond motifs is 1. The van der Waals surface area contributed by atoms with Crippen molar-refractivity contribution in [3.8, 4) is 0 Å². The molecule has 9 heteroatoms. The van der Waals surface area contributed by atoms with Crippen molar-refractivity contribution >= 4 is 29.2 Å². The van der Waals surface area contributed by atoms with Gasteiger partial charge in [-0.1, -0.05) is 13.0 Å². The molecular formula is C27H37N3O6. The average Bonchev–Trinajstić information content (AvgIpc) is 3.52. The molecule has 1 aromatic carbocycles. The monoisotopic (exact) mass is 499 g/mol. The Bertz CT molecular complexity index is 1010. The van der Waals surface area contributed by atoms with E-state index in [0.717, 1.165) is 18.8 Å². The quantitative estimate of drug-likeness (QED) is 0.450. The van der Waals surface area contributed by atoms with E-state index in [1.54, 1.807) is 11.0 Å². The second-order valence-corrected chi connectivity index (χ2v) is 9.81. The average molecular weight is 500 g/mol. The largest absolute Gasteiger partial charge is 0.481 e. The number of aliphatic carboxylic acids is 1. The Morgan fingerprint density at radius 2 is 1.86 bits per heavy atom. The molecule has 6 atom stereocenters. The zero-order chi connectivity index (χ0) is 26.2. The molecule has 2 N–H and O–H groups in total. The Morgan fingerprint density at radius 1 is 1.22 bits per heavy atom. The lowest BCUT2D eigenvalue weighted by Crippen LogP contribution is -2.59. The number of ether oxygens (including phenoxy) is 1. The van der Waals surface area contributed by atoms with Gasteiger partial charge >= 0.3 is 5.97 Å². The van der Waals surface area contributed by atoms with E-state index in [2.05, 4.69) is 25.3 Å². The lowest BCUT2D eigenvalue weighted by molar-refractivity contribution is -0.151. The van der Waals surface area contributed by atoms with Crippen molar-refractivity contribution in [2.75, 3.05) is 36.0 Å². The van der Waals surface area contributed by atoms with E-state index in [9.17, 15) is 24.6 Å². The zero-order valence-corrected chi connectivity index (χ0v) is 21.3. The molecule has 2 unspecified atom stereocenters. The zero-order valence-electron chi connectivity index (χ0n) is 21.3. The summed E-state index contributed by atoms with van der Waals surface area (Å²) in [6.07, 6.45) is 2.37. The molecule has 3 fully saturated rings. The van der Waals surface area contributed by atoms with Crippen LogP contribution in [0.25, 0.3) is 0 Å². The first-order valence-corrected chi connectivity index (χ1v) is 12.9. The molecule has 4 rings (SSSR count). The van der Waals surface area contributed by atoms with Crippen LogP contribution in [0.1, 0.15) is 40.0 Å².